The molecule has 0 aromatic heterocycles. The van der Waals surface area contributed by atoms with Crippen LogP contribution in [0.3, 0.4) is 0 Å². The largest absolute Gasteiger partial charge is 0.299 e. The molecule has 1 rings (SSSR count). The Balaban J connectivity index is 2.62. The molecular formula is C12H18O. The van der Waals surface area contributed by atoms with Crippen LogP contribution in [-0.4, -0.2) is 5.78 Å². The van der Waals surface area contributed by atoms with Crippen molar-refractivity contribution >= 4 is 5.78 Å². The zero-order valence-corrected chi connectivity index (χ0v) is 8.55. The molecule has 0 saturated carbocycles. The molecule has 0 bridgehead atoms. The number of hydrogen-bond acceptors (Lipinski definition) is 1. The van der Waals surface area contributed by atoms with Crippen LogP contribution in [0.25, 0.3) is 0 Å². The van der Waals surface area contributed by atoms with E-state index in [1.54, 1.807) is 6.08 Å². The van der Waals surface area contributed by atoms with Gasteiger partial charge in [0.25, 0.3) is 0 Å². The van der Waals surface area contributed by atoms with E-state index in [1.807, 2.05) is 0 Å². The molecule has 13 heavy (non-hydrogen) atoms. The SMILES string of the molecule is C=CCC(=O)C1CCC(C)=CC1C. The average molecular weight is 178 g/mol. The lowest BCUT2D eigenvalue weighted by Gasteiger charge is -2.25. The molecule has 0 amide bonds. The van der Waals surface area contributed by atoms with Crippen molar-refractivity contribution < 1.29 is 4.79 Å². The van der Waals surface area contributed by atoms with Crippen LogP contribution >= 0.6 is 0 Å². The Morgan fingerprint density at radius 1 is 1.77 bits per heavy atom. The summed E-state index contributed by atoms with van der Waals surface area (Å²) in [5.41, 5.74) is 1.43. The van der Waals surface area contributed by atoms with Gasteiger partial charge in [0.2, 0.25) is 0 Å². The molecule has 0 heterocycles. The highest BCUT2D eigenvalue weighted by molar-refractivity contribution is 5.82. The molecule has 1 aliphatic rings. The standard InChI is InChI=1S/C12H18O/c1-4-5-12(13)11-7-6-9(2)8-10(11)3/h4,8,10-11H,1,5-7H2,2-3H3. The molecule has 0 N–H and O–H groups in total. The van der Waals surface area contributed by atoms with Gasteiger partial charge in [-0.15, -0.1) is 6.58 Å². The Kier molecular flexibility index (Phi) is 3.47. The highest BCUT2D eigenvalue weighted by Crippen LogP contribution is 2.29. The number of hydrogen-bond donors (Lipinski definition) is 0. The second-order valence-corrected chi connectivity index (χ2v) is 3.98. The summed E-state index contributed by atoms with van der Waals surface area (Å²) >= 11 is 0. The Bertz CT molecular complexity index is 238. The number of Topliss-reactive ketones (excluding diaryl/α,β-unsaturated/α-hetero) is 1. The Morgan fingerprint density at radius 2 is 2.46 bits per heavy atom. The smallest absolute Gasteiger partial charge is 0.140 e. The predicted molar refractivity (Wildman–Crippen MR) is 55.5 cm³/mol. The van der Waals surface area contributed by atoms with E-state index in [0.717, 1.165) is 12.8 Å². The van der Waals surface area contributed by atoms with Gasteiger partial charge < -0.3 is 0 Å². The summed E-state index contributed by atoms with van der Waals surface area (Å²) in [4.78, 5) is 11.6. The van der Waals surface area contributed by atoms with Crippen LogP contribution in [0.4, 0.5) is 0 Å². The van der Waals surface area contributed by atoms with Crippen LogP contribution in [0.2, 0.25) is 0 Å². The van der Waals surface area contributed by atoms with Gasteiger partial charge in [-0.05, 0) is 25.7 Å². The molecule has 0 aromatic rings. The molecule has 0 fully saturated rings. The van der Waals surface area contributed by atoms with Gasteiger partial charge in [0.05, 0.1) is 0 Å². The number of carbonyl (C=O) groups is 1. The summed E-state index contributed by atoms with van der Waals surface area (Å²) in [7, 11) is 0. The Labute approximate surface area is 80.5 Å². The number of allylic oxidation sites excluding steroid dienone is 3. The van der Waals surface area contributed by atoms with Crippen molar-refractivity contribution in [2.45, 2.75) is 33.1 Å². The fourth-order valence-electron chi connectivity index (χ4n) is 2.04. The average Bonchev–Trinajstić information content (AvgIpc) is 2.04. The number of ketones is 1. The van der Waals surface area contributed by atoms with E-state index in [4.69, 9.17) is 0 Å². The van der Waals surface area contributed by atoms with Crippen LogP contribution in [0, 0.1) is 11.8 Å². The molecule has 2 unspecified atom stereocenters. The topological polar surface area (TPSA) is 17.1 Å². The fourth-order valence-corrected chi connectivity index (χ4v) is 2.04. The first kappa shape index (κ1) is 10.2. The summed E-state index contributed by atoms with van der Waals surface area (Å²) in [5, 5.41) is 0. The summed E-state index contributed by atoms with van der Waals surface area (Å²) in [6.07, 6.45) is 6.57. The first-order valence-electron chi connectivity index (χ1n) is 4.96. The van der Waals surface area contributed by atoms with Crippen LogP contribution in [0.1, 0.15) is 33.1 Å². The lowest BCUT2D eigenvalue weighted by Crippen LogP contribution is -2.23. The maximum Gasteiger partial charge on any atom is 0.140 e. The summed E-state index contributed by atoms with van der Waals surface area (Å²) in [6, 6.07) is 0. The number of carbonyl (C=O) groups excluding carboxylic acids is 1. The quantitative estimate of drug-likeness (QED) is 0.607. The van der Waals surface area contributed by atoms with E-state index in [9.17, 15) is 4.79 Å². The van der Waals surface area contributed by atoms with Crippen molar-refractivity contribution in [2.75, 3.05) is 0 Å². The molecule has 2 atom stereocenters. The molecule has 1 aliphatic carbocycles. The van der Waals surface area contributed by atoms with Crippen LogP contribution < -0.4 is 0 Å². The molecule has 1 nitrogen and oxygen atoms in total. The van der Waals surface area contributed by atoms with Crippen molar-refractivity contribution in [3.05, 3.63) is 24.3 Å². The Morgan fingerprint density at radius 3 is 3.00 bits per heavy atom. The number of rotatable bonds is 3. The molecule has 0 aliphatic heterocycles. The minimum Gasteiger partial charge on any atom is -0.299 e. The summed E-state index contributed by atoms with van der Waals surface area (Å²) < 4.78 is 0. The first-order valence-corrected chi connectivity index (χ1v) is 4.96. The van der Waals surface area contributed by atoms with Crippen molar-refractivity contribution in [1.29, 1.82) is 0 Å². The molecule has 0 spiro atoms. The molecule has 0 radical (unpaired) electrons. The minimum absolute atomic E-state index is 0.238. The second-order valence-electron chi connectivity index (χ2n) is 3.98. The van der Waals surface area contributed by atoms with Crippen molar-refractivity contribution in [2.24, 2.45) is 11.8 Å². The third kappa shape index (κ3) is 2.55. The second kappa shape index (κ2) is 4.40. The van der Waals surface area contributed by atoms with Gasteiger partial charge >= 0.3 is 0 Å². The zero-order chi connectivity index (χ0) is 9.84. The van der Waals surface area contributed by atoms with E-state index >= 15 is 0 Å². The van der Waals surface area contributed by atoms with Gasteiger partial charge in [-0.25, -0.2) is 0 Å². The predicted octanol–water partition coefficient (Wildman–Crippen LogP) is 3.12. The van der Waals surface area contributed by atoms with Crippen LogP contribution in [-0.2, 0) is 4.79 Å². The van der Waals surface area contributed by atoms with E-state index in [-0.39, 0.29) is 5.92 Å². The summed E-state index contributed by atoms with van der Waals surface area (Å²) in [5.74, 6) is 1.01. The van der Waals surface area contributed by atoms with Gasteiger partial charge in [-0.3, -0.25) is 4.79 Å². The maximum atomic E-state index is 11.6. The van der Waals surface area contributed by atoms with Crippen molar-refractivity contribution in [3.63, 3.8) is 0 Å². The van der Waals surface area contributed by atoms with Gasteiger partial charge in [0, 0.05) is 12.3 Å². The highest BCUT2D eigenvalue weighted by Gasteiger charge is 2.25. The van der Waals surface area contributed by atoms with Gasteiger partial charge in [-0.1, -0.05) is 24.6 Å². The van der Waals surface area contributed by atoms with Crippen molar-refractivity contribution in [3.8, 4) is 0 Å². The molecule has 0 aromatic carbocycles. The molecule has 1 heteroatoms. The van der Waals surface area contributed by atoms with Crippen LogP contribution in [0.5, 0.6) is 0 Å². The first-order chi connectivity index (χ1) is 6.15. The summed E-state index contributed by atoms with van der Waals surface area (Å²) in [6.45, 7) is 7.88. The minimum atomic E-state index is 0.238. The third-order valence-electron chi connectivity index (χ3n) is 2.79. The van der Waals surface area contributed by atoms with E-state index in [0.29, 0.717) is 18.1 Å². The molecular weight excluding hydrogens is 160 g/mol. The van der Waals surface area contributed by atoms with Gasteiger partial charge in [0.15, 0.2) is 0 Å². The van der Waals surface area contributed by atoms with E-state index < -0.39 is 0 Å². The molecule has 72 valence electrons. The highest BCUT2D eigenvalue weighted by atomic mass is 16.1. The van der Waals surface area contributed by atoms with Crippen LogP contribution in [0.15, 0.2) is 24.3 Å². The third-order valence-corrected chi connectivity index (χ3v) is 2.79. The monoisotopic (exact) mass is 178 g/mol. The maximum absolute atomic E-state index is 11.6. The van der Waals surface area contributed by atoms with Crippen molar-refractivity contribution in [1.82, 2.24) is 0 Å². The normalized spacial score (nSPS) is 28.0. The van der Waals surface area contributed by atoms with E-state index in [2.05, 4.69) is 26.5 Å². The lowest BCUT2D eigenvalue weighted by molar-refractivity contribution is -0.123. The zero-order valence-electron chi connectivity index (χ0n) is 8.55. The lowest BCUT2D eigenvalue weighted by atomic mass is 9.79. The van der Waals surface area contributed by atoms with Gasteiger partial charge in [-0.2, -0.15) is 0 Å². The fraction of sp³-hybridized carbons (Fsp3) is 0.583. The van der Waals surface area contributed by atoms with Gasteiger partial charge in [0.1, 0.15) is 5.78 Å². The van der Waals surface area contributed by atoms with E-state index in [1.165, 1.54) is 5.57 Å². The Hall–Kier alpha value is -0.850. The molecule has 0 saturated heterocycles.